The number of aryl methyl sites for hydroxylation is 1. The number of hydrogen-bond acceptors (Lipinski definition) is 2. The first kappa shape index (κ1) is 13.9. The van der Waals surface area contributed by atoms with Crippen molar-refractivity contribution in [1.82, 2.24) is 0 Å². The number of halogens is 2. The first-order chi connectivity index (χ1) is 8.97. The molecule has 3 N–H and O–H groups in total. The number of anilines is 2. The summed E-state index contributed by atoms with van der Waals surface area (Å²) in [5.41, 5.74) is 8.20. The van der Waals surface area contributed by atoms with Gasteiger partial charge in [0.2, 0.25) is 0 Å². The summed E-state index contributed by atoms with van der Waals surface area (Å²) >= 11 is 9.37. The highest BCUT2D eigenvalue weighted by molar-refractivity contribution is 9.10. The van der Waals surface area contributed by atoms with Crippen molar-refractivity contribution in [3.63, 3.8) is 0 Å². The van der Waals surface area contributed by atoms with Crippen molar-refractivity contribution in [1.29, 1.82) is 0 Å². The number of carbonyl (C=O) groups is 1. The molecule has 0 saturated carbocycles. The van der Waals surface area contributed by atoms with Crippen molar-refractivity contribution < 1.29 is 4.79 Å². The monoisotopic (exact) mass is 338 g/mol. The fourth-order valence-corrected chi connectivity index (χ4v) is 2.18. The molecule has 2 aromatic carbocycles. The van der Waals surface area contributed by atoms with Crippen LogP contribution in [0.25, 0.3) is 0 Å². The van der Waals surface area contributed by atoms with E-state index in [2.05, 4.69) is 21.2 Å². The standard InChI is InChI=1S/C14H12BrClN2O/c1-8-2-5-12(17)10(6-8)14(19)18-13-7-9(15)3-4-11(13)16/h2-7H,17H2,1H3,(H,18,19). The number of nitrogen functional groups attached to an aromatic ring is 1. The highest BCUT2D eigenvalue weighted by Crippen LogP contribution is 2.26. The minimum absolute atomic E-state index is 0.277. The molecular formula is C14H12BrClN2O. The van der Waals surface area contributed by atoms with Crippen LogP contribution in [0, 0.1) is 6.92 Å². The second-order valence-electron chi connectivity index (χ2n) is 4.17. The van der Waals surface area contributed by atoms with Gasteiger partial charge in [-0.3, -0.25) is 4.79 Å². The lowest BCUT2D eigenvalue weighted by atomic mass is 10.1. The van der Waals surface area contributed by atoms with E-state index in [1.54, 1.807) is 30.3 Å². The largest absolute Gasteiger partial charge is 0.398 e. The molecule has 2 rings (SSSR count). The van der Waals surface area contributed by atoms with Crippen LogP contribution in [0.5, 0.6) is 0 Å². The normalized spacial score (nSPS) is 10.3. The van der Waals surface area contributed by atoms with Gasteiger partial charge in [0.15, 0.2) is 0 Å². The number of amides is 1. The first-order valence-electron chi connectivity index (χ1n) is 5.60. The summed E-state index contributed by atoms with van der Waals surface area (Å²) in [5.74, 6) is -0.277. The second kappa shape index (κ2) is 5.63. The third kappa shape index (κ3) is 3.28. The third-order valence-corrected chi connectivity index (χ3v) is 3.45. The topological polar surface area (TPSA) is 55.1 Å². The Bertz CT molecular complexity index is 643. The molecule has 0 unspecified atom stereocenters. The maximum absolute atomic E-state index is 12.2. The van der Waals surface area contributed by atoms with Crippen molar-refractivity contribution in [2.24, 2.45) is 0 Å². The molecule has 0 heterocycles. The van der Waals surface area contributed by atoms with Crippen LogP contribution in [-0.2, 0) is 0 Å². The van der Waals surface area contributed by atoms with E-state index in [0.717, 1.165) is 10.0 Å². The van der Waals surface area contributed by atoms with Crippen LogP contribution in [0.15, 0.2) is 40.9 Å². The van der Waals surface area contributed by atoms with Gasteiger partial charge in [-0.05, 0) is 37.3 Å². The van der Waals surface area contributed by atoms with Gasteiger partial charge in [0, 0.05) is 10.2 Å². The zero-order chi connectivity index (χ0) is 14.0. The molecule has 0 spiro atoms. The summed E-state index contributed by atoms with van der Waals surface area (Å²) in [4.78, 5) is 12.2. The Labute approximate surface area is 124 Å². The van der Waals surface area contributed by atoms with Crippen LogP contribution >= 0.6 is 27.5 Å². The van der Waals surface area contributed by atoms with Gasteiger partial charge in [-0.25, -0.2) is 0 Å². The summed E-state index contributed by atoms with van der Waals surface area (Å²) < 4.78 is 0.837. The van der Waals surface area contributed by atoms with Crippen LogP contribution in [0.4, 0.5) is 11.4 Å². The Morgan fingerprint density at radius 3 is 2.74 bits per heavy atom. The molecule has 0 bridgehead atoms. The number of nitrogens with one attached hydrogen (secondary N) is 1. The number of nitrogens with two attached hydrogens (primary N) is 1. The van der Waals surface area contributed by atoms with E-state index in [1.165, 1.54) is 0 Å². The number of carbonyl (C=O) groups excluding carboxylic acids is 1. The van der Waals surface area contributed by atoms with Gasteiger partial charge in [-0.1, -0.05) is 39.2 Å². The molecule has 5 heteroatoms. The number of hydrogen-bond donors (Lipinski definition) is 2. The summed E-state index contributed by atoms with van der Waals surface area (Å²) in [6.07, 6.45) is 0. The van der Waals surface area contributed by atoms with E-state index < -0.39 is 0 Å². The quantitative estimate of drug-likeness (QED) is 0.804. The predicted molar refractivity (Wildman–Crippen MR) is 82.7 cm³/mol. The molecule has 0 fully saturated rings. The van der Waals surface area contributed by atoms with Gasteiger partial charge in [0.05, 0.1) is 16.3 Å². The molecule has 3 nitrogen and oxygen atoms in total. The Hall–Kier alpha value is -1.52. The summed E-state index contributed by atoms with van der Waals surface area (Å²) in [6, 6.07) is 10.6. The number of benzene rings is 2. The van der Waals surface area contributed by atoms with E-state index in [4.69, 9.17) is 17.3 Å². The highest BCUT2D eigenvalue weighted by Gasteiger charge is 2.12. The second-order valence-corrected chi connectivity index (χ2v) is 5.49. The van der Waals surface area contributed by atoms with Crippen molar-refractivity contribution >= 4 is 44.8 Å². The third-order valence-electron chi connectivity index (χ3n) is 2.63. The lowest BCUT2D eigenvalue weighted by Crippen LogP contribution is -2.14. The Morgan fingerprint density at radius 2 is 2.00 bits per heavy atom. The molecule has 0 aliphatic carbocycles. The van der Waals surface area contributed by atoms with Crippen LogP contribution in [0.3, 0.4) is 0 Å². The average molecular weight is 340 g/mol. The molecule has 0 saturated heterocycles. The lowest BCUT2D eigenvalue weighted by Gasteiger charge is -2.10. The predicted octanol–water partition coefficient (Wildman–Crippen LogP) is 4.25. The summed E-state index contributed by atoms with van der Waals surface area (Å²) in [5, 5.41) is 3.23. The summed E-state index contributed by atoms with van der Waals surface area (Å²) in [6.45, 7) is 1.91. The van der Waals surface area contributed by atoms with Crippen LogP contribution in [-0.4, -0.2) is 5.91 Å². The Kier molecular flexibility index (Phi) is 4.12. The first-order valence-corrected chi connectivity index (χ1v) is 6.77. The molecule has 0 aliphatic rings. The molecular weight excluding hydrogens is 328 g/mol. The number of rotatable bonds is 2. The van der Waals surface area contributed by atoms with Gasteiger partial charge >= 0.3 is 0 Å². The van der Waals surface area contributed by atoms with Crippen molar-refractivity contribution in [3.8, 4) is 0 Å². The van der Waals surface area contributed by atoms with E-state index in [9.17, 15) is 4.79 Å². The van der Waals surface area contributed by atoms with E-state index in [1.807, 2.05) is 13.0 Å². The van der Waals surface area contributed by atoms with E-state index >= 15 is 0 Å². The van der Waals surface area contributed by atoms with Gasteiger partial charge in [-0.2, -0.15) is 0 Å². The molecule has 0 atom stereocenters. The minimum atomic E-state index is -0.277. The minimum Gasteiger partial charge on any atom is -0.398 e. The lowest BCUT2D eigenvalue weighted by molar-refractivity contribution is 0.102. The maximum atomic E-state index is 12.2. The van der Waals surface area contributed by atoms with Crippen molar-refractivity contribution in [3.05, 3.63) is 57.0 Å². The zero-order valence-electron chi connectivity index (χ0n) is 10.2. The smallest absolute Gasteiger partial charge is 0.257 e. The molecule has 1 amide bonds. The SMILES string of the molecule is Cc1ccc(N)c(C(=O)Nc2cc(Br)ccc2Cl)c1. The fraction of sp³-hybridized carbons (Fsp3) is 0.0714. The molecule has 0 aromatic heterocycles. The Balaban J connectivity index is 2.30. The van der Waals surface area contributed by atoms with Gasteiger partial charge in [0.1, 0.15) is 0 Å². The summed E-state index contributed by atoms with van der Waals surface area (Å²) in [7, 11) is 0. The van der Waals surface area contributed by atoms with Crippen LogP contribution in [0.2, 0.25) is 5.02 Å². The fourth-order valence-electron chi connectivity index (χ4n) is 1.65. The zero-order valence-corrected chi connectivity index (χ0v) is 12.5. The van der Waals surface area contributed by atoms with Crippen molar-refractivity contribution in [2.45, 2.75) is 6.92 Å². The highest BCUT2D eigenvalue weighted by atomic mass is 79.9. The van der Waals surface area contributed by atoms with Gasteiger partial charge < -0.3 is 11.1 Å². The Morgan fingerprint density at radius 1 is 1.26 bits per heavy atom. The van der Waals surface area contributed by atoms with E-state index in [0.29, 0.717) is 22.0 Å². The average Bonchev–Trinajstić information content (AvgIpc) is 2.36. The molecule has 0 radical (unpaired) electrons. The van der Waals surface area contributed by atoms with Crippen LogP contribution < -0.4 is 11.1 Å². The van der Waals surface area contributed by atoms with Gasteiger partial charge in [-0.15, -0.1) is 0 Å². The molecule has 0 aliphatic heterocycles. The maximum Gasteiger partial charge on any atom is 0.257 e. The molecule has 2 aromatic rings. The van der Waals surface area contributed by atoms with Gasteiger partial charge in [0.25, 0.3) is 5.91 Å². The molecule has 19 heavy (non-hydrogen) atoms. The molecule has 98 valence electrons. The van der Waals surface area contributed by atoms with E-state index in [-0.39, 0.29) is 5.91 Å². The van der Waals surface area contributed by atoms with Crippen LogP contribution in [0.1, 0.15) is 15.9 Å². The van der Waals surface area contributed by atoms with Crippen molar-refractivity contribution in [2.75, 3.05) is 11.1 Å².